The Morgan fingerprint density at radius 3 is 2.41 bits per heavy atom. The Morgan fingerprint density at radius 2 is 1.75 bits per heavy atom. The van der Waals surface area contributed by atoms with Gasteiger partial charge in [0.2, 0.25) is 15.7 Å². The second-order valence-corrected chi connectivity index (χ2v) is 9.32. The maximum Gasteiger partial charge on any atom is 0.322 e. The van der Waals surface area contributed by atoms with Gasteiger partial charge in [0.25, 0.3) is 0 Å². The number of piperidine rings is 1. The van der Waals surface area contributed by atoms with E-state index in [0.717, 1.165) is 11.0 Å². The van der Waals surface area contributed by atoms with Crippen LogP contribution in [0.3, 0.4) is 0 Å². The number of amides is 2. The van der Waals surface area contributed by atoms with E-state index in [1.54, 1.807) is 30.3 Å². The number of hydrogen-bond donors (Lipinski definition) is 1. The van der Waals surface area contributed by atoms with Gasteiger partial charge < -0.3 is 15.0 Å². The van der Waals surface area contributed by atoms with E-state index in [4.69, 9.17) is 4.74 Å². The van der Waals surface area contributed by atoms with E-state index >= 15 is 8.78 Å². The molecule has 0 aliphatic carbocycles. The van der Waals surface area contributed by atoms with Gasteiger partial charge in [0.1, 0.15) is 0 Å². The average molecular weight is 473 g/mol. The number of carbonyl (C=O) groups excluding carboxylic acids is 1. The topological polar surface area (TPSA) is 79.0 Å². The van der Waals surface area contributed by atoms with Crippen LogP contribution in [0.2, 0.25) is 0 Å². The van der Waals surface area contributed by atoms with Crippen molar-refractivity contribution >= 4 is 21.7 Å². The van der Waals surface area contributed by atoms with Crippen LogP contribution in [0.4, 0.5) is 28.0 Å². The summed E-state index contributed by atoms with van der Waals surface area (Å²) in [4.78, 5) is 12.7. The fraction of sp³-hybridized carbons (Fsp3) is 0.350. The van der Waals surface area contributed by atoms with Crippen molar-refractivity contribution in [1.82, 2.24) is 9.21 Å². The number of rotatable bonds is 3. The lowest BCUT2D eigenvalue weighted by molar-refractivity contribution is -0.246. The fourth-order valence-electron chi connectivity index (χ4n) is 3.92. The maximum absolute atomic E-state index is 15.4. The van der Waals surface area contributed by atoms with Gasteiger partial charge in [-0.2, -0.15) is 13.1 Å². The van der Waals surface area contributed by atoms with Crippen LogP contribution < -0.4 is 5.32 Å². The molecule has 2 aromatic rings. The number of carbonyl (C=O) groups is 1. The second kappa shape index (κ2) is 8.01. The molecule has 1 unspecified atom stereocenters. The number of halogens is 4. The number of para-hydroxylation sites is 1. The van der Waals surface area contributed by atoms with Crippen molar-refractivity contribution in [2.24, 2.45) is 0 Å². The number of nitrogens with zero attached hydrogens (tertiary/aromatic N) is 2. The highest BCUT2D eigenvalue weighted by Gasteiger charge is 2.67. The van der Waals surface area contributed by atoms with Crippen LogP contribution in [0.1, 0.15) is 6.42 Å². The summed E-state index contributed by atoms with van der Waals surface area (Å²) in [6.07, 6.45) is -0.509. The molecule has 2 aliphatic rings. The first-order valence-electron chi connectivity index (χ1n) is 9.67. The maximum atomic E-state index is 15.4. The van der Waals surface area contributed by atoms with Crippen LogP contribution in [0.5, 0.6) is 0 Å². The number of anilines is 1. The summed E-state index contributed by atoms with van der Waals surface area (Å²) >= 11 is 0. The number of alkyl halides is 2. The van der Waals surface area contributed by atoms with E-state index < -0.39 is 63.7 Å². The highest BCUT2D eigenvalue weighted by atomic mass is 32.2. The van der Waals surface area contributed by atoms with Gasteiger partial charge in [-0.15, -0.1) is 0 Å². The number of urea groups is 1. The summed E-state index contributed by atoms with van der Waals surface area (Å²) in [5.41, 5.74) is -2.12. The monoisotopic (exact) mass is 473 g/mol. The molecule has 2 aromatic carbocycles. The predicted molar refractivity (Wildman–Crippen MR) is 106 cm³/mol. The summed E-state index contributed by atoms with van der Waals surface area (Å²) in [5, 5.41) is 2.51. The lowest BCUT2D eigenvalue weighted by atomic mass is 9.96. The van der Waals surface area contributed by atoms with E-state index in [1.807, 2.05) is 0 Å². The molecule has 0 saturated carbocycles. The molecule has 12 heteroatoms. The SMILES string of the molecule is O=C(Nc1ccccc1)N1CCC2(OCCN2S(=O)(=O)c2ccc(F)c(F)c2)C(F)(F)C1. The molecule has 0 aromatic heterocycles. The van der Waals surface area contributed by atoms with E-state index in [9.17, 15) is 22.0 Å². The van der Waals surface area contributed by atoms with E-state index in [-0.39, 0.29) is 13.2 Å². The van der Waals surface area contributed by atoms with Crippen molar-refractivity contribution in [3.8, 4) is 0 Å². The average Bonchev–Trinajstić information content (AvgIpc) is 3.19. The minimum atomic E-state index is -4.64. The third-order valence-corrected chi connectivity index (χ3v) is 7.42. The number of ether oxygens (including phenoxy) is 1. The third kappa shape index (κ3) is 3.71. The summed E-state index contributed by atoms with van der Waals surface area (Å²) < 4.78 is 89.5. The van der Waals surface area contributed by atoms with Crippen molar-refractivity contribution in [3.05, 3.63) is 60.2 Å². The highest BCUT2D eigenvalue weighted by molar-refractivity contribution is 7.89. The fourth-order valence-corrected chi connectivity index (χ4v) is 5.65. The van der Waals surface area contributed by atoms with E-state index in [0.29, 0.717) is 22.1 Å². The zero-order valence-corrected chi connectivity index (χ0v) is 17.4. The molecule has 7 nitrogen and oxygen atoms in total. The van der Waals surface area contributed by atoms with Gasteiger partial charge in [-0.05, 0) is 30.3 Å². The first-order valence-corrected chi connectivity index (χ1v) is 11.1. The second-order valence-electron chi connectivity index (χ2n) is 7.46. The lowest BCUT2D eigenvalue weighted by Gasteiger charge is -2.47. The van der Waals surface area contributed by atoms with Crippen molar-refractivity contribution in [2.75, 3.05) is 31.6 Å². The number of hydrogen-bond acceptors (Lipinski definition) is 4. The van der Waals surface area contributed by atoms with Gasteiger partial charge in [0.15, 0.2) is 11.6 Å². The molecule has 2 fully saturated rings. The minimum absolute atomic E-state index is 0.210. The molecule has 2 saturated heterocycles. The van der Waals surface area contributed by atoms with Gasteiger partial charge in [-0.3, -0.25) is 0 Å². The van der Waals surface area contributed by atoms with Crippen LogP contribution in [0.25, 0.3) is 0 Å². The Labute approximate surface area is 181 Å². The summed E-state index contributed by atoms with van der Waals surface area (Å²) in [5.74, 6) is -6.46. The van der Waals surface area contributed by atoms with Crippen LogP contribution in [0, 0.1) is 11.6 Å². The van der Waals surface area contributed by atoms with Crippen LogP contribution >= 0.6 is 0 Å². The Morgan fingerprint density at radius 1 is 1.03 bits per heavy atom. The molecule has 1 N–H and O–H groups in total. The van der Waals surface area contributed by atoms with Crippen molar-refractivity contribution in [1.29, 1.82) is 0 Å². The molecular formula is C20H19F4N3O4S. The Hall–Kier alpha value is -2.70. The molecule has 1 spiro atoms. The first kappa shape index (κ1) is 22.5. The summed E-state index contributed by atoms with van der Waals surface area (Å²) in [6.45, 7) is -2.00. The molecule has 1 atom stereocenters. The summed E-state index contributed by atoms with van der Waals surface area (Å²) in [7, 11) is -4.64. The molecule has 32 heavy (non-hydrogen) atoms. The Kier molecular flexibility index (Phi) is 5.63. The largest absolute Gasteiger partial charge is 0.352 e. The van der Waals surface area contributed by atoms with Gasteiger partial charge in [-0.25, -0.2) is 22.0 Å². The van der Waals surface area contributed by atoms with E-state index in [2.05, 4.69) is 5.32 Å². The molecule has 2 heterocycles. The third-order valence-electron chi connectivity index (χ3n) is 5.51. The van der Waals surface area contributed by atoms with Crippen molar-refractivity contribution < 1.29 is 35.5 Å². The molecule has 2 aliphatic heterocycles. The zero-order chi connectivity index (χ0) is 23.1. The smallest absolute Gasteiger partial charge is 0.322 e. The van der Waals surface area contributed by atoms with Gasteiger partial charge in [0.05, 0.1) is 18.0 Å². The van der Waals surface area contributed by atoms with E-state index in [1.165, 1.54) is 0 Å². The Bertz CT molecular complexity index is 1130. The summed E-state index contributed by atoms with van der Waals surface area (Å²) in [6, 6.07) is 9.35. The van der Waals surface area contributed by atoms with Crippen LogP contribution in [-0.2, 0) is 14.8 Å². The zero-order valence-electron chi connectivity index (χ0n) is 16.6. The van der Waals surface area contributed by atoms with Gasteiger partial charge in [0, 0.05) is 25.2 Å². The first-order chi connectivity index (χ1) is 15.1. The van der Waals surface area contributed by atoms with Crippen LogP contribution in [0.15, 0.2) is 53.4 Å². The lowest BCUT2D eigenvalue weighted by Crippen LogP contribution is -2.68. The predicted octanol–water partition coefficient (Wildman–Crippen LogP) is 3.26. The standard InChI is InChI=1S/C20H19F4N3O4S/c21-16-7-6-15(12-17(16)22)32(29,30)27-10-11-31-20(27)8-9-26(13-19(20,23)24)18(28)25-14-4-2-1-3-5-14/h1-7,12H,8-11,13H2,(H,25,28). The van der Waals surface area contributed by atoms with Gasteiger partial charge in [-0.1, -0.05) is 18.2 Å². The van der Waals surface area contributed by atoms with Crippen molar-refractivity contribution in [2.45, 2.75) is 23.0 Å². The quantitative estimate of drug-likeness (QED) is 0.695. The molecular weight excluding hydrogens is 454 g/mol. The number of sulfonamides is 1. The molecule has 2 amide bonds. The molecule has 4 rings (SSSR count). The van der Waals surface area contributed by atoms with Crippen LogP contribution in [-0.4, -0.2) is 61.5 Å². The number of nitrogens with one attached hydrogen (secondary N) is 1. The molecule has 0 bridgehead atoms. The normalized spacial score (nSPS) is 23.4. The van der Waals surface area contributed by atoms with Crippen molar-refractivity contribution in [3.63, 3.8) is 0 Å². The highest BCUT2D eigenvalue weighted by Crippen LogP contribution is 2.47. The minimum Gasteiger partial charge on any atom is -0.352 e. The Balaban J connectivity index is 1.59. The number of benzene rings is 2. The van der Waals surface area contributed by atoms with Gasteiger partial charge >= 0.3 is 12.0 Å². The molecule has 0 radical (unpaired) electrons. The molecule has 172 valence electrons. The number of likely N-dealkylation sites (tertiary alicyclic amines) is 1.